The summed E-state index contributed by atoms with van der Waals surface area (Å²) < 4.78 is 24.9. The number of carbonyl (C=O) groups is 1. The maximum Gasteiger partial charge on any atom is 0.306 e. The van der Waals surface area contributed by atoms with Gasteiger partial charge >= 0.3 is 5.97 Å². The number of ether oxygens (including phenoxy) is 4. The quantitative estimate of drug-likeness (QED) is 0.602. The lowest BCUT2D eigenvalue weighted by molar-refractivity contribution is -0.162. The molecule has 0 amide bonds. The molecule has 0 bridgehead atoms. The Morgan fingerprint density at radius 2 is 2.09 bits per heavy atom. The zero-order valence-corrected chi connectivity index (χ0v) is 18.8. The zero-order chi connectivity index (χ0) is 22.7. The first-order chi connectivity index (χ1) is 15.5. The Labute approximate surface area is 187 Å². The summed E-state index contributed by atoms with van der Waals surface area (Å²) in [7, 11) is 3.07. The average Bonchev–Trinajstić information content (AvgIpc) is 3.35. The third kappa shape index (κ3) is 3.98. The van der Waals surface area contributed by atoms with Crippen LogP contribution in [0, 0.1) is 24.2 Å². The smallest absolute Gasteiger partial charge is 0.306 e. The lowest BCUT2D eigenvalue weighted by atomic mass is 9.87. The highest BCUT2D eigenvalue weighted by molar-refractivity contribution is 5.70. The molecule has 0 N–H and O–H groups in total. The lowest BCUT2D eigenvalue weighted by Crippen LogP contribution is -2.45. The number of hydrogen-bond acceptors (Lipinski definition) is 8. The van der Waals surface area contributed by atoms with Crippen LogP contribution in [0.1, 0.15) is 49.9 Å². The van der Waals surface area contributed by atoms with E-state index >= 15 is 0 Å². The van der Waals surface area contributed by atoms with Gasteiger partial charge in [-0.25, -0.2) is 9.50 Å². The van der Waals surface area contributed by atoms with Crippen LogP contribution < -0.4 is 0 Å². The Kier molecular flexibility index (Phi) is 6.74. The van der Waals surface area contributed by atoms with Crippen LogP contribution in [0.15, 0.2) is 18.5 Å². The van der Waals surface area contributed by atoms with Crippen molar-refractivity contribution in [2.24, 2.45) is 5.92 Å². The molecular weight excluding hydrogens is 412 g/mol. The van der Waals surface area contributed by atoms with Crippen LogP contribution in [0.3, 0.4) is 0 Å². The fourth-order valence-electron chi connectivity index (χ4n) is 5.03. The molecular formula is C23H30N4O5. The molecule has 0 aromatic carbocycles. The van der Waals surface area contributed by atoms with E-state index in [0.717, 1.165) is 36.9 Å². The van der Waals surface area contributed by atoms with Gasteiger partial charge < -0.3 is 18.9 Å². The van der Waals surface area contributed by atoms with Gasteiger partial charge in [0.2, 0.25) is 5.60 Å². The van der Waals surface area contributed by atoms with E-state index in [1.165, 1.54) is 19.9 Å². The summed E-state index contributed by atoms with van der Waals surface area (Å²) in [5.41, 5.74) is 0.382. The SMILES string of the molecule is COC[C@H]1O[C@@](C#N)(c2ccc3c(C)ncnn23)[C@H](OC(=O)CC2CCCCC2)[C@@H]1OC. The van der Waals surface area contributed by atoms with Crippen molar-refractivity contribution < 1.29 is 23.7 Å². The Morgan fingerprint density at radius 3 is 2.78 bits per heavy atom. The number of carbonyl (C=O) groups excluding carboxylic acids is 1. The van der Waals surface area contributed by atoms with Gasteiger partial charge in [0.05, 0.1) is 23.5 Å². The Hall–Kier alpha value is -2.54. The molecule has 1 aliphatic carbocycles. The van der Waals surface area contributed by atoms with Crippen molar-refractivity contribution in [3.8, 4) is 6.07 Å². The predicted octanol–water partition coefficient (Wildman–Crippen LogP) is 2.70. The molecule has 2 aromatic rings. The van der Waals surface area contributed by atoms with Crippen LogP contribution in [-0.4, -0.2) is 59.7 Å². The Morgan fingerprint density at radius 1 is 1.31 bits per heavy atom. The molecule has 4 atom stereocenters. The molecule has 2 fully saturated rings. The van der Waals surface area contributed by atoms with Crippen LogP contribution in [0.25, 0.3) is 5.52 Å². The van der Waals surface area contributed by atoms with Gasteiger partial charge in [0.25, 0.3) is 0 Å². The highest BCUT2D eigenvalue weighted by Crippen LogP contribution is 2.43. The highest BCUT2D eigenvalue weighted by atomic mass is 16.6. The largest absolute Gasteiger partial charge is 0.455 e. The summed E-state index contributed by atoms with van der Waals surface area (Å²) in [4.78, 5) is 17.2. The number of fused-ring (bicyclic) bond motifs is 1. The van der Waals surface area contributed by atoms with Crippen molar-refractivity contribution in [2.45, 2.75) is 69.4 Å². The van der Waals surface area contributed by atoms with E-state index < -0.39 is 23.9 Å². The van der Waals surface area contributed by atoms with Gasteiger partial charge in [-0.3, -0.25) is 4.79 Å². The Balaban J connectivity index is 1.71. The summed E-state index contributed by atoms with van der Waals surface area (Å²) in [5.74, 6) is -0.0211. The second kappa shape index (κ2) is 9.53. The van der Waals surface area contributed by atoms with E-state index in [1.807, 2.05) is 13.0 Å². The minimum atomic E-state index is -1.60. The fraction of sp³-hybridized carbons (Fsp3) is 0.652. The monoisotopic (exact) mass is 442 g/mol. The van der Waals surface area contributed by atoms with Crippen LogP contribution >= 0.6 is 0 Å². The first-order valence-corrected chi connectivity index (χ1v) is 11.1. The molecule has 0 radical (unpaired) electrons. The van der Waals surface area contributed by atoms with E-state index in [9.17, 15) is 10.1 Å². The molecule has 1 saturated heterocycles. The van der Waals surface area contributed by atoms with Crippen LogP contribution in [-0.2, 0) is 29.3 Å². The molecule has 2 aliphatic rings. The number of hydrogen-bond donors (Lipinski definition) is 0. The van der Waals surface area contributed by atoms with Crippen molar-refractivity contribution in [1.82, 2.24) is 14.6 Å². The number of aromatic nitrogens is 3. The van der Waals surface area contributed by atoms with E-state index in [0.29, 0.717) is 18.0 Å². The first kappa shape index (κ1) is 22.6. The van der Waals surface area contributed by atoms with Crippen molar-refractivity contribution in [2.75, 3.05) is 20.8 Å². The van der Waals surface area contributed by atoms with Gasteiger partial charge in [0, 0.05) is 20.6 Å². The van der Waals surface area contributed by atoms with Gasteiger partial charge in [-0.1, -0.05) is 19.3 Å². The molecule has 9 heteroatoms. The number of nitriles is 1. The molecule has 1 saturated carbocycles. The van der Waals surface area contributed by atoms with Crippen molar-refractivity contribution >= 4 is 11.5 Å². The molecule has 32 heavy (non-hydrogen) atoms. The van der Waals surface area contributed by atoms with Crippen LogP contribution in [0.2, 0.25) is 0 Å². The number of nitrogens with zero attached hydrogens (tertiary/aromatic N) is 4. The number of aryl methyl sites for hydroxylation is 1. The third-order valence-electron chi connectivity index (χ3n) is 6.64. The normalized spacial score (nSPS) is 28.6. The summed E-state index contributed by atoms with van der Waals surface area (Å²) in [5, 5.41) is 14.7. The molecule has 0 unspecified atom stereocenters. The van der Waals surface area contributed by atoms with Gasteiger partial charge in [-0.2, -0.15) is 10.4 Å². The van der Waals surface area contributed by atoms with Crippen LogP contribution in [0.5, 0.6) is 0 Å². The minimum Gasteiger partial charge on any atom is -0.455 e. The van der Waals surface area contributed by atoms with Gasteiger partial charge in [0.1, 0.15) is 24.6 Å². The molecule has 1 aliphatic heterocycles. The van der Waals surface area contributed by atoms with Crippen molar-refractivity contribution in [1.29, 1.82) is 5.26 Å². The number of esters is 1. The van der Waals surface area contributed by atoms with E-state index in [4.69, 9.17) is 18.9 Å². The Bertz CT molecular complexity index is 996. The third-order valence-corrected chi connectivity index (χ3v) is 6.64. The van der Waals surface area contributed by atoms with Crippen molar-refractivity contribution in [3.05, 3.63) is 29.8 Å². The predicted molar refractivity (Wildman–Crippen MR) is 114 cm³/mol. The maximum absolute atomic E-state index is 13.0. The number of rotatable bonds is 7. The van der Waals surface area contributed by atoms with Gasteiger partial charge in [-0.15, -0.1) is 0 Å². The molecule has 9 nitrogen and oxygen atoms in total. The lowest BCUT2D eigenvalue weighted by Gasteiger charge is -2.29. The maximum atomic E-state index is 13.0. The molecule has 4 rings (SSSR count). The van der Waals surface area contributed by atoms with Crippen molar-refractivity contribution in [3.63, 3.8) is 0 Å². The topological polar surface area (TPSA) is 108 Å². The molecule has 3 heterocycles. The molecule has 2 aromatic heterocycles. The van der Waals surface area contributed by atoms with E-state index in [1.54, 1.807) is 17.7 Å². The summed E-state index contributed by atoms with van der Waals surface area (Å²) in [6.07, 6.45) is 5.07. The zero-order valence-electron chi connectivity index (χ0n) is 18.8. The first-order valence-electron chi connectivity index (χ1n) is 11.1. The summed E-state index contributed by atoms with van der Waals surface area (Å²) in [6, 6.07) is 5.89. The molecule has 0 spiro atoms. The average molecular weight is 443 g/mol. The van der Waals surface area contributed by atoms with Gasteiger partial charge in [-0.05, 0) is 37.8 Å². The highest BCUT2D eigenvalue weighted by Gasteiger charge is 2.61. The standard InChI is InChI=1S/C23H30N4O5/c1-15-17-9-10-19(27(17)26-14-25-15)23(13-24)22(21(30-3)18(32-23)12-29-2)31-20(28)11-16-7-5-4-6-8-16/h9-10,14,16,18,21-22H,4-8,11-12H2,1-3H3/t18-,21-,22-,23+/m1/s1. The van der Waals surface area contributed by atoms with Crippen LogP contribution in [0.4, 0.5) is 0 Å². The second-order valence-corrected chi connectivity index (χ2v) is 8.64. The minimum absolute atomic E-state index is 0.190. The van der Waals surface area contributed by atoms with E-state index in [2.05, 4.69) is 16.2 Å². The molecule has 172 valence electrons. The second-order valence-electron chi connectivity index (χ2n) is 8.64. The van der Waals surface area contributed by atoms with E-state index in [-0.39, 0.29) is 12.6 Å². The fourth-order valence-corrected chi connectivity index (χ4v) is 5.03. The summed E-state index contributed by atoms with van der Waals surface area (Å²) >= 11 is 0. The summed E-state index contributed by atoms with van der Waals surface area (Å²) in [6.45, 7) is 2.05. The number of methoxy groups -OCH3 is 2. The van der Waals surface area contributed by atoms with Gasteiger partial charge in [0.15, 0.2) is 6.10 Å².